The zero-order valence-corrected chi connectivity index (χ0v) is 5.87. The van der Waals surface area contributed by atoms with Crippen LogP contribution in [0.3, 0.4) is 0 Å². The van der Waals surface area contributed by atoms with E-state index in [0.29, 0.717) is 0 Å². The zero-order chi connectivity index (χ0) is 7.44. The highest BCUT2D eigenvalue weighted by Gasteiger charge is 2.01. The third-order valence-corrected chi connectivity index (χ3v) is 0.957. The highest BCUT2D eigenvalue weighted by Crippen LogP contribution is 1.97. The first-order valence-corrected chi connectivity index (χ1v) is 2.63. The summed E-state index contributed by atoms with van der Waals surface area (Å²) in [7, 11) is 1.49. The van der Waals surface area contributed by atoms with Crippen LogP contribution in [-0.2, 0) is 0 Å². The molecule has 3 N–H and O–H groups in total. The van der Waals surface area contributed by atoms with Crippen LogP contribution in [0.1, 0.15) is 0 Å². The van der Waals surface area contributed by atoms with Gasteiger partial charge in [0.25, 0.3) is 0 Å². The van der Waals surface area contributed by atoms with Gasteiger partial charge in [-0.25, -0.2) is 0 Å². The van der Waals surface area contributed by atoms with E-state index in [4.69, 9.17) is 22.7 Å². The summed E-state index contributed by atoms with van der Waals surface area (Å²) in [4.78, 5) is 3.53. The van der Waals surface area contributed by atoms with E-state index in [1.807, 2.05) is 0 Å². The van der Waals surface area contributed by atoms with Crippen LogP contribution in [0, 0.1) is 5.41 Å². The predicted octanol–water partition coefficient (Wildman–Crippen LogP) is 0.746. The summed E-state index contributed by atoms with van der Waals surface area (Å²) in [6.07, 6.45) is 0. The predicted molar refractivity (Wildman–Crippen MR) is 40.3 cm³/mol. The molecule has 0 spiro atoms. The molecule has 0 aromatic rings. The highest BCUT2D eigenvalue weighted by molar-refractivity contribution is 6.59. The number of nitrogens with one attached hydrogen (secondary N) is 1. The fourth-order valence-electron chi connectivity index (χ4n) is 0.251. The van der Waals surface area contributed by atoms with Gasteiger partial charge in [-0.15, -0.1) is 0 Å². The molecule has 0 fully saturated rings. The van der Waals surface area contributed by atoms with Crippen molar-refractivity contribution in [3.05, 3.63) is 11.6 Å². The average molecular weight is 146 g/mol. The summed E-state index contributed by atoms with van der Waals surface area (Å²) in [6, 6.07) is 0. The van der Waals surface area contributed by atoms with Crippen molar-refractivity contribution in [1.82, 2.24) is 0 Å². The molecule has 0 aliphatic heterocycles. The summed E-state index contributed by atoms with van der Waals surface area (Å²) in [6.45, 7) is 3.30. The smallest absolute Gasteiger partial charge is 0.145 e. The van der Waals surface area contributed by atoms with Crippen LogP contribution in [-0.4, -0.2) is 18.6 Å². The zero-order valence-electron chi connectivity index (χ0n) is 5.11. The molecule has 0 rings (SSSR count). The molecule has 0 bridgehead atoms. The molecule has 0 saturated heterocycles. The Morgan fingerprint density at radius 3 is 2.33 bits per heavy atom. The highest BCUT2D eigenvalue weighted by atomic mass is 35.5. The maximum Gasteiger partial charge on any atom is 0.145 e. The van der Waals surface area contributed by atoms with Crippen molar-refractivity contribution >= 4 is 23.1 Å². The number of nitrogens with two attached hydrogens (primary N) is 1. The molecule has 0 aromatic heterocycles. The van der Waals surface area contributed by atoms with E-state index in [9.17, 15) is 0 Å². The Morgan fingerprint density at radius 2 is 2.22 bits per heavy atom. The van der Waals surface area contributed by atoms with Crippen molar-refractivity contribution in [1.29, 1.82) is 5.41 Å². The quantitative estimate of drug-likeness (QED) is 0.437. The molecular weight excluding hydrogens is 138 g/mol. The summed E-state index contributed by atoms with van der Waals surface area (Å²) in [5, 5.41) is 7.17. The van der Waals surface area contributed by atoms with Gasteiger partial charge in [-0.3, -0.25) is 10.4 Å². The van der Waals surface area contributed by atoms with Crippen LogP contribution in [0.25, 0.3) is 0 Å². The van der Waals surface area contributed by atoms with Gasteiger partial charge in [0.05, 0.1) is 5.03 Å². The summed E-state index contributed by atoms with van der Waals surface area (Å²) in [5.41, 5.74) is 5.18. The van der Waals surface area contributed by atoms with Gasteiger partial charge in [0, 0.05) is 7.05 Å². The molecule has 9 heavy (non-hydrogen) atoms. The van der Waals surface area contributed by atoms with Gasteiger partial charge in [0.15, 0.2) is 0 Å². The standard InChI is InChI=1S/C5H8ClN3/c1-3(6)4(7)5(8)9-2/h7H,1H2,2H3,(H2,8,9). The van der Waals surface area contributed by atoms with Gasteiger partial charge in [-0.1, -0.05) is 18.2 Å². The minimum Gasteiger partial charge on any atom is -0.382 e. The lowest BCUT2D eigenvalue weighted by Crippen LogP contribution is -2.22. The lowest BCUT2D eigenvalue weighted by Gasteiger charge is -1.96. The number of hydrogen-bond donors (Lipinski definition) is 2. The molecule has 3 nitrogen and oxygen atoms in total. The lowest BCUT2D eigenvalue weighted by atomic mass is 10.3. The fourth-order valence-corrected chi connectivity index (χ4v) is 0.348. The van der Waals surface area contributed by atoms with Gasteiger partial charge in [-0.2, -0.15) is 0 Å². The van der Waals surface area contributed by atoms with Crippen molar-refractivity contribution < 1.29 is 0 Å². The summed E-state index contributed by atoms with van der Waals surface area (Å²) < 4.78 is 0. The first-order chi connectivity index (χ1) is 4.09. The Morgan fingerprint density at radius 1 is 1.78 bits per heavy atom. The second kappa shape index (κ2) is 3.25. The molecule has 0 saturated carbocycles. The first-order valence-electron chi connectivity index (χ1n) is 2.25. The maximum atomic E-state index is 7.06. The Bertz CT molecular complexity index is 171. The Hall–Kier alpha value is -0.830. The number of rotatable bonds is 2. The van der Waals surface area contributed by atoms with Crippen molar-refractivity contribution in [2.45, 2.75) is 0 Å². The fraction of sp³-hybridized carbons (Fsp3) is 0.200. The Balaban J connectivity index is 4.23. The van der Waals surface area contributed by atoms with E-state index >= 15 is 0 Å². The van der Waals surface area contributed by atoms with E-state index in [1.165, 1.54) is 7.05 Å². The largest absolute Gasteiger partial charge is 0.382 e. The van der Waals surface area contributed by atoms with Crippen LogP contribution in [0.15, 0.2) is 16.6 Å². The molecule has 0 heterocycles. The molecular formula is C5H8ClN3. The molecule has 4 heteroatoms. The number of aliphatic imine (C=N–C) groups is 1. The number of amidine groups is 1. The van der Waals surface area contributed by atoms with Crippen molar-refractivity contribution in [3.8, 4) is 0 Å². The molecule has 0 aliphatic rings. The summed E-state index contributed by atoms with van der Waals surface area (Å²) in [5.74, 6) is 0.106. The van der Waals surface area contributed by atoms with Crippen LogP contribution in [0.4, 0.5) is 0 Å². The van der Waals surface area contributed by atoms with Crippen LogP contribution in [0.5, 0.6) is 0 Å². The Labute approximate surface area is 58.7 Å². The maximum absolute atomic E-state index is 7.06. The second-order valence-electron chi connectivity index (χ2n) is 1.39. The molecule has 0 amide bonds. The molecule has 0 radical (unpaired) electrons. The third kappa shape index (κ3) is 2.28. The molecule has 50 valence electrons. The van der Waals surface area contributed by atoms with Gasteiger partial charge >= 0.3 is 0 Å². The number of halogens is 1. The lowest BCUT2D eigenvalue weighted by molar-refractivity contribution is 1.41. The SMILES string of the molecule is C=C(Cl)C(=N)C(N)=NC. The first kappa shape index (κ1) is 8.17. The number of nitrogens with zero attached hydrogens (tertiary/aromatic N) is 1. The number of hydrogen-bond acceptors (Lipinski definition) is 2. The molecule has 0 atom stereocenters. The third-order valence-electron chi connectivity index (χ3n) is 0.768. The summed E-state index contributed by atoms with van der Waals surface area (Å²) >= 11 is 5.32. The van der Waals surface area contributed by atoms with Crippen LogP contribution in [0.2, 0.25) is 0 Å². The monoisotopic (exact) mass is 145 g/mol. The second-order valence-corrected chi connectivity index (χ2v) is 1.84. The van der Waals surface area contributed by atoms with Crippen molar-refractivity contribution in [3.63, 3.8) is 0 Å². The van der Waals surface area contributed by atoms with E-state index in [2.05, 4.69) is 11.6 Å². The van der Waals surface area contributed by atoms with Gasteiger partial charge < -0.3 is 5.73 Å². The topological polar surface area (TPSA) is 62.2 Å². The van der Waals surface area contributed by atoms with Crippen molar-refractivity contribution in [2.75, 3.05) is 7.05 Å². The van der Waals surface area contributed by atoms with Crippen LogP contribution >= 0.6 is 11.6 Å². The molecule has 0 unspecified atom stereocenters. The minimum absolute atomic E-state index is 0.0147. The van der Waals surface area contributed by atoms with E-state index in [0.717, 1.165) is 0 Å². The molecule has 0 aliphatic carbocycles. The van der Waals surface area contributed by atoms with Gasteiger partial charge in [-0.05, 0) is 0 Å². The van der Waals surface area contributed by atoms with E-state index in [1.54, 1.807) is 0 Å². The normalized spacial score (nSPS) is 11.1. The van der Waals surface area contributed by atoms with Crippen LogP contribution < -0.4 is 5.73 Å². The van der Waals surface area contributed by atoms with E-state index < -0.39 is 0 Å². The molecule has 0 aromatic carbocycles. The minimum atomic E-state index is -0.0147. The Kier molecular flexibility index (Phi) is 2.95. The van der Waals surface area contributed by atoms with Crippen molar-refractivity contribution in [2.24, 2.45) is 10.7 Å². The van der Waals surface area contributed by atoms with E-state index in [-0.39, 0.29) is 16.6 Å². The van der Waals surface area contributed by atoms with Gasteiger partial charge in [0.1, 0.15) is 11.5 Å². The van der Waals surface area contributed by atoms with Gasteiger partial charge in [0.2, 0.25) is 0 Å². The average Bonchev–Trinajstić information content (AvgIpc) is 1.84.